The second-order valence-electron chi connectivity index (χ2n) is 5.54. The van der Waals surface area contributed by atoms with Crippen LogP contribution in [0.4, 0.5) is 5.69 Å². The van der Waals surface area contributed by atoms with Crippen LogP contribution in [0.5, 0.6) is 0 Å². The molecule has 1 N–H and O–H groups in total. The minimum absolute atomic E-state index is 0.161. The number of amides is 1. The lowest BCUT2D eigenvalue weighted by Gasteiger charge is -2.03. The van der Waals surface area contributed by atoms with Crippen LogP contribution in [-0.2, 0) is 0 Å². The van der Waals surface area contributed by atoms with Gasteiger partial charge in [-0.05, 0) is 43.7 Å². The molecule has 0 fully saturated rings. The summed E-state index contributed by atoms with van der Waals surface area (Å²) in [6, 6.07) is 7.12. The minimum atomic E-state index is -0.161. The van der Waals surface area contributed by atoms with Crippen molar-refractivity contribution >= 4 is 33.1 Å². The molecule has 0 spiro atoms. The maximum absolute atomic E-state index is 12.6. The highest BCUT2D eigenvalue weighted by molar-refractivity contribution is 7.20. The van der Waals surface area contributed by atoms with Crippen molar-refractivity contribution in [3.05, 3.63) is 59.1 Å². The first-order valence-corrected chi connectivity index (χ1v) is 8.48. The summed E-state index contributed by atoms with van der Waals surface area (Å²) in [6.45, 7) is 3.84. The Labute approximate surface area is 147 Å². The number of furan rings is 1. The highest BCUT2D eigenvalue weighted by Crippen LogP contribution is 2.33. The Morgan fingerprint density at radius 3 is 2.68 bits per heavy atom. The number of aromatic nitrogens is 3. The SMILES string of the molecule is Cc1nc(-c2ccco2)nc2sc(C(=O)Nc3ccncc3)c(C)c12. The van der Waals surface area contributed by atoms with Crippen molar-refractivity contribution in [1.82, 2.24) is 15.0 Å². The molecule has 0 saturated carbocycles. The lowest BCUT2D eigenvalue weighted by atomic mass is 10.1. The number of rotatable bonds is 3. The molecule has 6 nitrogen and oxygen atoms in total. The third kappa shape index (κ3) is 2.78. The largest absolute Gasteiger partial charge is 0.461 e. The van der Waals surface area contributed by atoms with E-state index in [1.165, 1.54) is 11.3 Å². The summed E-state index contributed by atoms with van der Waals surface area (Å²) >= 11 is 1.36. The molecule has 7 heteroatoms. The predicted molar refractivity (Wildman–Crippen MR) is 96.8 cm³/mol. The molecule has 4 aromatic heterocycles. The zero-order valence-corrected chi connectivity index (χ0v) is 14.4. The van der Waals surface area contributed by atoms with E-state index in [4.69, 9.17) is 4.42 Å². The van der Waals surface area contributed by atoms with Crippen LogP contribution in [0.25, 0.3) is 21.8 Å². The molecule has 0 aliphatic carbocycles. The molecule has 4 aromatic rings. The Morgan fingerprint density at radius 1 is 1.16 bits per heavy atom. The summed E-state index contributed by atoms with van der Waals surface area (Å²) in [7, 11) is 0. The Morgan fingerprint density at radius 2 is 1.96 bits per heavy atom. The molecular formula is C18H14N4O2S. The maximum atomic E-state index is 12.6. The van der Waals surface area contributed by atoms with Crippen molar-refractivity contribution in [2.75, 3.05) is 5.32 Å². The van der Waals surface area contributed by atoms with Crippen LogP contribution in [0.3, 0.4) is 0 Å². The molecule has 124 valence electrons. The Kier molecular flexibility index (Phi) is 3.77. The first-order chi connectivity index (χ1) is 12.1. The number of hydrogen-bond donors (Lipinski definition) is 1. The van der Waals surface area contributed by atoms with Gasteiger partial charge >= 0.3 is 0 Å². The Hall–Kier alpha value is -3.06. The van der Waals surface area contributed by atoms with Crippen molar-refractivity contribution < 1.29 is 9.21 Å². The summed E-state index contributed by atoms with van der Waals surface area (Å²) in [5.74, 6) is 0.974. The third-order valence-electron chi connectivity index (χ3n) is 3.86. The number of hydrogen-bond acceptors (Lipinski definition) is 6. The summed E-state index contributed by atoms with van der Waals surface area (Å²) in [5.41, 5.74) is 2.42. The predicted octanol–water partition coefficient (Wildman–Crippen LogP) is 4.22. The van der Waals surface area contributed by atoms with Gasteiger partial charge in [-0.1, -0.05) is 0 Å². The summed E-state index contributed by atoms with van der Waals surface area (Å²) in [5, 5.41) is 3.80. The van der Waals surface area contributed by atoms with Crippen molar-refractivity contribution in [1.29, 1.82) is 0 Å². The van der Waals surface area contributed by atoms with E-state index < -0.39 is 0 Å². The van der Waals surface area contributed by atoms with Crippen molar-refractivity contribution in [3.8, 4) is 11.6 Å². The highest BCUT2D eigenvalue weighted by atomic mass is 32.1. The van der Waals surface area contributed by atoms with Crippen LogP contribution >= 0.6 is 11.3 Å². The van der Waals surface area contributed by atoms with Gasteiger partial charge in [0.25, 0.3) is 5.91 Å². The van der Waals surface area contributed by atoms with E-state index in [1.54, 1.807) is 36.9 Å². The molecule has 0 atom stereocenters. The van der Waals surface area contributed by atoms with Crippen LogP contribution in [0.15, 0.2) is 47.3 Å². The molecule has 0 radical (unpaired) electrons. The summed E-state index contributed by atoms with van der Waals surface area (Å²) in [4.78, 5) is 27.1. The normalized spacial score (nSPS) is 11.0. The highest BCUT2D eigenvalue weighted by Gasteiger charge is 2.20. The fraction of sp³-hybridized carbons (Fsp3) is 0.111. The number of aryl methyl sites for hydroxylation is 2. The van der Waals surface area contributed by atoms with E-state index in [1.807, 2.05) is 19.9 Å². The topological polar surface area (TPSA) is 80.9 Å². The molecule has 0 aliphatic rings. The second-order valence-corrected chi connectivity index (χ2v) is 6.54. The van der Waals surface area contributed by atoms with Crippen molar-refractivity contribution in [2.45, 2.75) is 13.8 Å². The monoisotopic (exact) mass is 350 g/mol. The molecule has 1 amide bonds. The summed E-state index contributed by atoms with van der Waals surface area (Å²) in [6.07, 6.45) is 4.86. The van der Waals surface area contributed by atoms with Gasteiger partial charge in [-0.3, -0.25) is 9.78 Å². The van der Waals surface area contributed by atoms with E-state index >= 15 is 0 Å². The van der Waals surface area contributed by atoms with Crippen molar-refractivity contribution in [2.24, 2.45) is 0 Å². The lowest BCUT2D eigenvalue weighted by Crippen LogP contribution is -2.11. The average molecular weight is 350 g/mol. The number of nitrogens with zero attached hydrogens (tertiary/aromatic N) is 3. The summed E-state index contributed by atoms with van der Waals surface area (Å²) < 4.78 is 5.38. The number of fused-ring (bicyclic) bond motifs is 1. The van der Waals surface area contributed by atoms with Gasteiger partial charge in [-0.15, -0.1) is 11.3 Å². The molecule has 0 aliphatic heterocycles. The molecule has 0 saturated heterocycles. The third-order valence-corrected chi connectivity index (χ3v) is 5.04. The van der Waals surface area contributed by atoms with Gasteiger partial charge in [0.05, 0.1) is 16.8 Å². The van der Waals surface area contributed by atoms with Gasteiger partial charge in [0, 0.05) is 23.5 Å². The quantitative estimate of drug-likeness (QED) is 0.598. The van der Waals surface area contributed by atoms with Gasteiger partial charge in [-0.2, -0.15) is 0 Å². The minimum Gasteiger partial charge on any atom is -0.461 e. The van der Waals surface area contributed by atoms with E-state index in [0.29, 0.717) is 22.1 Å². The lowest BCUT2D eigenvalue weighted by molar-refractivity contribution is 0.103. The Bertz CT molecular complexity index is 1060. The van der Waals surface area contributed by atoms with Crippen molar-refractivity contribution in [3.63, 3.8) is 0 Å². The van der Waals surface area contributed by atoms with Crippen LogP contribution < -0.4 is 5.32 Å². The number of anilines is 1. The molecule has 0 unspecified atom stereocenters. The first kappa shape index (κ1) is 15.5. The van der Waals surface area contributed by atoms with Gasteiger partial charge < -0.3 is 9.73 Å². The number of nitrogens with one attached hydrogen (secondary N) is 1. The second kappa shape index (κ2) is 6.10. The van der Waals surface area contributed by atoms with Gasteiger partial charge in [0.15, 0.2) is 11.6 Å². The zero-order valence-electron chi connectivity index (χ0n) is 13.6. The molecule has 0 aromatic carbocycles. The van der Waals surface area contributed by atoms with E-state index in [9.17, 15) is 4.79 Å². The molecule has 4 rings (SSSR count). The molecule has 4 heterocycles. The van der Waals surface area contributed by atoms with Gasteiger partial charge in [-0.25, -0.2) is 9.97 Å². The number of pyridine rings is 1. The zero-order chi connectivity index (χ0) is 17.4. The molecular weight excluding hydrogens is 336 g/mol. The first-order valence-electron chi connectivity index (χ1n) is 7.66. The van der Waals surface area contributed by atoms with Crippen LogP contribution in [-0.4, -0.2) is 20.9 Å². The van der Waals surface area contributed by atoms with E-state index in [0.717, 1.165) is 21.5 Å². The molecule has 25 heavy (non-hydrogen) atoms. The average Bonchev–Trinajstić information content (AvgIpc) is 3.24. The van der Waals surface area contributed by atoms with Gasteiger partial charge in [0.1, 0.15) is 4.83 Å². The van der Waals surface area contributed by atoms with Crippen LogP contribution in [0.1, 0.15) is 20.9 Å². The fourth-order valence-corrected chi connectivity index (χ4v) is 3.82. The van der Waals surface area contributed by atoms with E-state index in [2.05, 4.69) is 20.3 Å². The van der Waals surface area contributed by atoms with Crippen LogP contribution in [0, 0.1) is 13.8 Å². The standard InChI is InChI=1S/C18H14N4O2S/c1-10-14-11(2)20-16(13-4-3-9-24-13)22-18(14)25-15(10)17(23)21-12-5-7-19-8-6-12/h3-9H,1-2H3,(H,19,21,23). The van der Waals surface area contributed by atoms with E-state index in [-0.39, 0.29) is 5.91 Å². The number of carbonyl (C=O) groups excluding carboxylic acids is 1. The Balaban J connectivity index is 1.77. The molecule has 0 bridgehead atoms. The number of thiophene rings is 1. The van der Waals surface area contributed by atoms with Crippen LogP contribution in [0.2, 0.25) is 0 Å². The number of carbonyl (C=O) groups is 1. The maximum Gasteiger partial charge on any atom is 0.266 e. The fourth-order valence-electron chi connectivity index (χ4n) is 2.69. The smallest absolute Gasteiger partial charge is 0.266 e. The van der Waals surface area contributed by atoms with Gasteiger partial charge in [0.2, 0.25) is 0 Å².